The van der Waals surface area contributed by atoms with Crippen molar-refractivity contribution in [1.29, 1.82) is 0 Å². The summed E-state index contributed by atoms with van der Waals surface area (Å²) in [5.41, 5.74) is 15.9. The number of aryl methyl sites for hydroxylation is 1. The Hall–Kier alpha value is -3.68. The fourth-order valence-corrected chi connectivity index (χ4v) is 3.28. The lowest BCUT2D eigenvalue weighted by molar-refractivity contribution is 0.629. The largest absolute Gasteiger partial charge is 0.383 e. The summed E-state index contributed by atoms with van der Waals surface area (Å²) >= 11 is 0. The molecule has 4 aromatic rings. The van der Waals surface area contributed by atoms with Crippen LogP contribution in [0.25, 0.3) is 28.0 Å². The number of aromatic nitrogens is 4. The highest BCUT2D eigenvalue weighted by atomic mass is 19.1. The van der Waals surface area contributed by atoms with Crippen LogP contribution in [0.15, 0.2) is 42.5 Å². The van der Waals surface area contributed by atoms with Gasteiger partial charge in [0.25, 0.3) is 0 Å². The molecule has 0 amide bonds. The van der Waals surface area contributed by atoms with Gasteiger partial charge in [0.2, 0.25) is 5.95 Å². The lowest BCUT2D eigenvalue weighted by atomic mass is 10.1. The third kappa shape index (κ3) is 2.88. The molecule has 0 aliphatic rings. The van der Waals surface area contributed by atoms with Gasteiger partial charge in [0.1, 0.15) is 17.5 Å². The molecule has 0 saturated heterocycles. The lowest BCUT2D eigenvalue weighted by Gasteiger charge is -2.16. The first kappa shape index (κ1) is 17.7. The summed E-state index contributed by atoms with van der Waals surface area (Å²) in [6.07, 6.45) is 0. The van der Waals surface area contributed by atoms with Crippen LogP contribution in [-0.4, -0.2) is 33.6 Å². The molecule has 142 valence electrons. The van der Waals surface area contributed by atoms with E-state index in [1.54, 1.807) is 10.6 Å². The standard InChI is InChI=1S/C20H20FN7/c1-11-24-15-9-6-13(21)10-16(15)28(11)19-17(18(22)25-20(23)26-19)12-4-7-14(8-5-12)27(2)3/h4-10H,1-3H3,(H4,22,23,25,26). The Morgan fingerprint density at radius 2 is 1.68 bits per heavy atom. The quantitative estimate of drug-likeness (QED) is 0.569. The first-order chi connectivity index (χ1) is 13.3. The summed E-state index contributed by atoms with van der Waals surface area (Å²) in [5, 5.41) is 0. The van der Waals surface area contributed by atoms with Crippen LogP contribution in [0.2, 0.25) is 0 Å². The van der Waals surface area contributed by atoms with Crippen LogP contribution in [0, 0.1) is 12.7 Å². The van der Waals surface area contributed by atoms with E-state index >= 15 is 0 Å². The molecule has 7 nitrogen and oxygen atoms in total. The molecule has 0 aliphatic carbocycles. The van der Waals surface area contributed by atoms with Gasteiger partial charge < -0.3 is 16.4 Å². The maximum Gasteiger partial charge on any atom is 0.224 e. The molecule has 0 bridgehead atoms. The fraction of sp³-hybridized carbons (Fsp3) is 0.150. The van der Waals surface area contributed by atoms with Gasteiger partial charge in [0, 0.05) is 25.8 Å². The van der Waals surface area contributed by atoms with Crippen molar-refractivity contribution >= 4 is 28.5 Å². The fourth-order valence-electron chi connectivity index (χ4n) is 3.28. The molecule has 0 spiro atoms. The molecular formula is C20H20FN7. The zero-order valence-electron chi connectivity index (χ0n) is 15.8. The van der Waals surface area contributed by atoms with Crippen LogP contribution in [-0.2, 0) is 0 Å². The van der Waals surface area contributed by atoms with E-state index in [4.69, 9.17) is 11.5 Å². The van der Waals surface area contributed by atoms with Gasteiger partial charge in [-0.05, 0) is 36.8 Å². The summed E-state index contributed by atoms with van der Waals surface area (Å²) in [6.45, 7) is 1.82. The summed E-state index contributed by atoms with van der Waals surface area (Å²) in [7, 11) is 3.94. The second kappa shape index (κ2) is 6.49. The van der Waals surface area contributed by atoms with Gasteiger partial charge in [-0.2, -0.15) is 9.97 Å². The summed E-state index contributed by atoms with van der Waals surface area (Å²) in [6, 6.07) is 12.3. The van der Waals surface area contributed by atoms with Gasteiger partial charge in [-0.3, -0.25) is 4.57 Å². The van der Waals surface area contributed by atoms with E-state index in [1.807, 2.05) is 50.2 Å². The maximum absolute atomic E-state index is 13.9. The van der Waals surface area contributed by atoms with Crippen LogP contribution < -0.4 is 16.4 Å². The number of halogens is 1. The molecule has 2 aromatic carbocycles. The van der Waals surface area contributed by atoms with Gasteiger partial charge in [0.15, 0.2) is 5.82 Å². The molecule has 28 heavy (non-hydrogen) atoms. The molecule has 2 heterocycles. The predicted molar refractivity (Wildman–Crippen MR) is 110 cm³/mol. The Bertz CT molecular complexity index is 1180. The monoisotopic (exact) mass is 377 g/mol. The topological polar surface area (TPSA) is 98.9 Å². The van der Waals surface area contributed by atoms with E-state index in [0.29, 0.717) is 28.2 Å². The van der Waals surface area contributed by atoms with E-state index < -0.39 is 0 Å². The van der Waals surface area contributed by atoms with Crippen molar-refractivity contribution in [2.45, 2.75) is 6.92 Å². The SMILES string of the molecule is Cc1nc2ccc(F)cc2n1-c1nc(N)nc(N)c1-c1ccc(N(C)C)cc1. The molecule has 8 heteroatoms. The minimum atomic E-state index is -0.361. The highest BCUT2D eigenvalue weighted by Gasteiger charge is 2.20. The lowest BCUT2D eigenvalue weighted by Crippen LogP contribution is -2.10. The molecule has 4 rings (SSSR count). The summed E-state index contributed by atoms with van der Waals surface area (Å²) in [4.78, 5) is 15.1. The highest BCUT2D eigenvalue weighted by molar-refractivity contribution is 5.86. The minimum absolute atomic E-state index is 0.0406. The van der Waals surface area contributed by atoms with Crippen molar-refractivity contribution in [3.8, 4) is 16.9 Å². The second-order valence-electron chi connectivity index (χ2n) is 6.73. The Morgan fingerprint density at radius 1 is 0.964 bits per heavy atom. The van der Waals surface area contributed by atoms with Crippen molar-refractivity contribution in [2.24, 2.45) is 0 Å². The van der Waals surface area contributed by atoms with Gasteiger partial charge in [-0.1, -0.05) is 12.1 Å². The van der Waals surface area contributed by atoms with E-state index in [0.717, 1.165) is 11.3 Å². The number of rotatable bonds is 3. The predicted octanol–water partition coefficient (Wildman–Crippen LogP) is 3.16. The van der Waals surface area contributed by atoms with Gasteiger partial charge in [-0.25, -0.2) is 9.37 Å². The molecule has 0 saturated carbocycles. The maximum atomic E-state index is 13.9. The number of benzene rings is 2. The van der Waals surface area contributed by atoms with Crippen molar-refractivity contribution in [3.05, 3.63) is 54.1 Å². The molecule has 2 aromatic heterocycles. The van der Waals surface area contributed by atoms with Crippen LogP contribution in [0.4, 0.5) is 21.8 Å². The van der Waals surface area contributed by atoms with Crippen molar-refractivity contribution in [2.75, 3.05) is 30.5 Å². The first-order valence-corrected chi connectivity index (χ1v) is 8.71. The average molecular weight is 377 g/mol. The third-order valence-corrected chi connectivity index (χ3v) is 4.60. The molecule has 0 fully saturated rings. The van der Waals surface area contributed by atoms with Crippen LogP contribution in [0.5, 0.6) is 0 Å². The van der Waals surface area contributed by atoms with Crippen LogP contribution in [0.3, 0.4) is 0 Å². The van der Waals surface area contributed by atoms with E-state index in [9.17, 15) is 4.39 Å². The van der Waals surface area contributed by atoms with Crippen molar-refractivity contribution in [1.82, 2.24) is 19.5 Å². The van der Waals surface area contributed by atoms with E-state index in [1.165, 1.54) is 12.1 Å². The highest BCUT2D eigenvalue weighted by Crippen LogP contribution is 2.34. The number of imidazole rings is 1. The zero-order chi connectivity index (χ0) is 20.0. The molecule has 0 radical (unpaired) electrons. The van der Waals surface area contributed by atoms with Crippen LogP contribution in [0.1, 0.15) is 5.82 Å². The number of nitrogen functional groups attached to an aromatic ring is 2. The number of nitrogens with two attached hydrogens (primary N) is 2. The molecular weight excluding hydrogens is 357 g/mol. The van der Waals surface area contributed by atoms with Crippen LogP contribution >= 0.6 is 0 Å². The molecule has 0 unspecified atom stereocenters. The average Bonchev–Trinajstić information content (AvgIpc) is 2.96. The second-order valence-corrected chi connectivity index (χ2v) is 6.73. The van der Waals surface area contributed by atoms with Gasteiger partial charge in [-0.15, -0.1) is 0 Å². The molecule has 0 atom stereocenters. The van der Waals surface area contributed by atoms with Gasteiger partial charge >= 0.3 is 0 Å². The smallest absolute Gasteiger partial charge is 0.224 e. The molecule has 4 N–H and O–H groups in total. The molecule has 0 aliphatic heterocycles. The normalized spacial score (nSPS) is 11.1. The Balaban J connectivity index is 2.01. The van der Waals surface area contributed by atoms with E-state index in [2.05, 4.69) is 15.0 Å². The van der Waals surface area contributed by atoms with Crippen molar-refractivity contribution in [3.63, 3.8) is 0 Å². The number of nitrogens with zero attached hydrogens (tertiary/aromatic N) is 5. The Morgan fingerprint density at radius 3 is 2.36 bits per heavy atom. The first-order valence-electron chi connectivity index (χ1n) is 8.71. The zero-order valence-corrected chi connectivity index (χ0v) is 15.8. The summed E-state index contributed by atoms with van der Waals surface area (Å²) < 4.78 is 15.7. The number of hydrogen-bond acceptors (Lipinski definition) is 6. The van der Waals surface area contributed by atoms with E-state index in [-0.39, 0.29) is 17.6 Å². The Kier molecular flexibility index (Phi) is 4.11. The summed E-state index contributed by atoms with van der Waals surface area (Å²) in [5.74, 6) is 1.04. The van der Waals surface area contributed by atoms with Gasteiger partial charge in [0.05, 0.1) is 16.6 Å². The minimum Gasteiger partial charge on any atom is -0.383 e. The Labute approximate surface area is 161 Å². The number of fused-ring (bicyclic) bond motifs is 1. The number of anilines is 3. The third-order valence-electron chi connectivity index (χ3n) is 4.60. The van der Waals surface area contributed by atoms with Crippen molar-refractivity contribution < 1.29 is 4.39 Å². The number of hydrogen-bond donors (Lipinski definition) is 2.